The second-order valence-electron chi connectivity index (χ2n) is 4.77. The van der Waals surface area contributed by atoms with Gasteiger partial charge in [-0.1, -0.05) is 35.5 Å². The molecule has 1 N–H and O–H groups in total. The fraction of sp³-hybridized carbons (Fsp3) is 0.286. The Bertz CT molecular complexity index is 779. The highest BCUT2D eigenvalue weighted by Crippen LogP contribution is 2.30. The van der Waals surface area contributed by atoms with Crippen LogP contribution in [0.25, 0.3) is 0 Å². The van der Waals surface area contributed by atoms with Gasteiger partial charge in [0.15, 0.2) is 20.8 Å². The fourth-order valence-corrected chi connectivity index (χ4v) is 3.42. The Morgan fingerprint density at radius 3 is 2.59 bits per heavy atom. The first-order valence-electron chi connectivity index (χ1n) is 6.52. The van der Waals surface area contributed by atoms with Crippen molar-refractivity contribution in [1.29, 1.82) is 0 Å². The summed E-state index contributed by atoms with van der Waals surface area (Å²) in [5.41, 5.74) is 0.448. The van der Waals surface area contributed by atoms with Crippen LogP contribution in [0.2, 0.25) is 5.02 Å². The van der Waals surface area contributed by atoms with Gasteiger partial charge in [0, 0.05) is 0 Å². The van der Waals surface area contributed by atoms with E-state index in [-0.39, 0.29) is 4.90 Å². The van der Waals surface area contributed by atoms with Crippen molar-refractivity contribution in [3.05, 3.63) is 35.5 Å². The number of aromatic nitrogens is 2. The van der Waals surface area contributed by atoms with Gasteiger partial charge in [0.2, 0.25) is 0 Å². The molecule has 8 heteroatoms. The van der Waals surface area contributed by atoms with Crippen LogP contribution in [-0.2, 0) is 9.84 Å². The third kappa shape index (κ3) is 3.53. The molecule has 118 valence electrons. The minimum absolute atomic E-state index is 0.227. The lowest BCUT2D eigenvalue weighted by Crippen LogP contribution is -2.15. The number of para-hydroxylation sites is 1. The van der Waals surface area contributed by atoms with Crippen molar-refractivity contribution in [2.45, 2.75) is 29.1 Å². The van der Waals surface area contributed by atoms with Gasteiger partial charge in [-0.25, -0.2) is 18.4 Å². The van der Waals surface area contributed by atoms with Crippen molar-refractivity contribution >= 4 is 44.7 Å². The molecular formula is C14H16ClN3O2S2. The van der Waals surface area contributed by atoms with Gasteiger partial charge >= 0.3 is 0 Å². The lowest BCUT2D eigenvalue weighted by molar-refractivity contribution is 0.588. The van der Waals surface area contributed by atoms with Crippen LogP contribution in [0, 0.1) is 0 Å². The molecule has 0 aliphatic heterocycles. The van der Waals surface area contributed by atoms with E-state index in [0.29, 0.717) is 21.7 Å². The van der Waals surface area contributed by atoms with Crippen LogP contribution in [0.4, 0.5) is 11.5 Å². The van der Waals surface area contributed by atoms with Crippen LogP contribution in [0.1, 0.15) is 13.8 Å². The Kier molecular flexibility index (Phi) is 5.31. The normalized spacial score (nSPS) is 11.7. The van der Waals surface area contributed by atoms with Gasteiger partial charge in [-0.05, 0) is 32.2 Å². The molecule has 1 heterocycles. The van der Waals surface area contributed by atoms with E-state index in [1.165, 1.54) is 18.0 Å². The van der Waals surface area contributed by atoms with Crippen molar-refractivity contribution in [1.82, 2.24) is 9.97 Å². The zero-order valence-electron chi connectivity index (χ0n) is 12.4. The number of nitrogens with one attached hydrogen (secondary N) is 1. The molecule has 1 aromatic heterocycles. The van der Waals surface area contributed by atoms with Crippen molar-refractivity contribution in [2.75, 3.05) is 11.6 Å². The zero-order valence-corrected chi connectivity index (χ0v) is 14.8. The highest BCUT2D eigenvalue weighted by molar-refractivity contribution is 7.98. The number of nitrogens with zero attached hydrogens (tertiary/aromatic N) is 2. The molecule has 22 heavy (non-hydrogen) atoms. The van der Waals surface area contributed by atoms with Crippen LogP contribution >= 0.6 is 23.4 Å². The Labute approximate surface area is 139 Å². The van der Waals surface area contributed by atoms with E-state index in [2.05, 4.69) is 15.3 Å². The topological polar surface area (TPSA) is 72.0 Å². The van der Waals surface area contributed by atoms with Gasteiger partial charge in [0.1, 0.15) is 5.02 Å². The molecule has 0 spiro atoms. The van der Waals surface area contributed by atoms with Crippen molar-refractivity contribution < 1.29 is 8.42 Å². The average molecular weight is 358 g/mol. The highest BCUT2D eigenvalue weighted by atomic mass is 35.5. The molecule has 0 bridgehead atoms. The molecular weight excluding hydrogens is 342 g/mol. The van der Waals surface area contributed by atoms with E-state index in [1.54, 1.807) is 38.1 Å². The summed E-state index contributed by atoms with van der Waals surface area (Å²) in [6, 6.07) is 6.70. The molecule has 0 aliphatic carbocycles. The van der Waals surface area contributed by atoms with Crippen molar-refractivity contribution in [3.8, 4) is 0 Å². The third-order valence-electron chi connectivity index (χ3n) is 2.97. The first-order chi connectivity index (χ1) is 10.4. The van der Waals surface area contributed by atoms with Crippen LogP contribution in [0.3, 0.4) is 0 Å². The minimum Gasteiger partial charge on any atom is -0.338 e. The molecule has 0 aliphatic rings. The van der Waals surface area contributed by atoms with Crippen LogP contribution < -0.4 is 5.32 Å². The maximum Gasteiger partial charge on any atom is 0.189 e. The fourth-order valence-electron chi connectivity index (χ4n) is 1.74. The van der Waals surface area contributed by atoms with E-state index in [4.69, 9.17) is 11.6 Å². The number of anilines is 2. The predicted molar refractivity (Wildman–Crippen MR) is 90.9 cm³/mol. The number of benzene rings is 1. The largest absolute Gasteiger partial charge is 0.338 e. The van der Waals surface area contributed by atoms with Gasteiger partial charge in [0.05, 0.1) is 22.0 Å². The summed E-state index contributed by atoms with van der Waals surface area (Å²) >= 11 is 7.46. The van der Waals surface area contributed by atoms with Crippen LogP contribution in [0.15, 0.2) is 40.5 Å². The van der Waals surface area contributed by atoms with Gasteiger partial charge in [-0.3, -0.25) is 0 Å². The SMILES string of the molecule is CSc1ncc(Cl)c(Nc2ccccc2S(=O)(=O)C(C)C)n1. The number of hydrogen-bond acceptors (Lipinski definition) is 6. The minimum atomic E-state index is -3.41. The van der Waals surface area contributed by atoms with E-state index in [1.807, 2.05) is 6.26 Å². The number of thioether (sulfide) groups is 1. The number of sulfone groups is 1. The third-order valence-corrected chi connectivity index (χ3v) is 6.02. The molecule has 0 amide bonds. The van der Waals surface area contributed by atoms with E-state index in [9.17, 15) is 8.42 Å². The van der Waals surface area contributed by atoms with Crippen molar-refractivity contribution in [2.24, 2.45) is 0 Å². The summed E-state index contributed by atoms with van der Waals surface area (Å²) in [6.45, 7) is 3.30. The molecule has 2 aromatic rings. The summed E-state index contributed by atoms with van der Waals surface area (Å²) in [5, 5.41) is 3.37. The van der Waals surface area contributed by atoms with Crippen LogP contribution in [0.5, 0.6) is 0 Å². The summed E-state index contributed by atoms with van der Waals surface area (Å²) in [5.74, 6) is 0.382. The number of rotatable bonds is 5. The highest BCUT2D eigenvalue weighted by Gasteiger charge is 2.23. The summed E-state index contributed by atoms with van der Waals surface area (Å²) in [6.07, 6.45) is 3.34. The molecule has 0 saturated carbocycles. The van der Waals surface area contributed by atoms with Crippen molar-refractivity contribution in [3.63, 3.8) is 0 Å². The maximum atomic E-state index is 12.4. The Morgan fingerprint density at radius 1 is 1.27 bits per heavy atom. The Morgan fingerprint density at radius 2 is 1.95 bits per heavy atom. The van der Waals surface area contributed by atoms with E-state index >= 15 is 0 Å². The first-order valence-corrected chi connectivity index (χ1v) is 9.67. The van der Waals surface area contributed by atoms with Gasteiger partial charge in [-0.15, -0.1) is 0 Å². The molecule has 0 saturated heterocycles. The summed E-state index contributed by atoms with van der Waals surface area (Å²) < 4.78 is 24.9. The van der Waals surface area contributed by atoms with Crippen LogP contribution in [-0.4, -0.2) is 29.9 Å². The zero-order chi connectivity index (χ0) is 16.3. The summed E-state index contributed by atoms with van der Waals surface area (Å²) in [4.78, 5) is 8.56. The molecule has 0 radical (unpaired) electrons. The molecule has 5 nitrogen and oxygen atoms in total. The first kappa shape index (κ1) is 17.1. The predicted octanol–water partition coefficient (Wildman–Crippen LogP) is 3.78. The molecule has 0 fully saturated rings. The monoisotopic (exact) mass is 357 g/mol. The van der Waals surface area contributed by atoms with E-state index < -0.39 is 15.1 Å². The number of hydrogen-bond donors (Lipinski definition) is 1. The smallest absolute Gasteiger partial charge is 0.189 e. The second kappa shape index (κ2) is 6.85. The summed E-state index contributed by atoms with van der Waals surface area (Å²) in [7, 11) is -3.41. The van der Waals surface area contributed by atoms with Gasteiger partial charge in [-0.2, -0.15) is 0 Å². The van der Waals surface area contributed by atoms with Gasteiger partial charge < -0.3 is 5.32 Å². The Balaban J connectivity index is 2.48. The lowest BCUT2D eigenvalue weighted by atomic mass is 10.3. The quantitative estimate of drug-likeness (QED) is 0.648. The average Bonchev–Trinajstić information content (AvgIpc) is 2.49. The van der Waals surface area contributed by atoms with E-state index in [0.717, 1.165) is 0 Å². The Hall–Kier alpha value is -1.31. The molecule has 1 aromatic carbocycles. The lowest BCUT2D eigenvalue weighted by Gasteiger charge is -2.14. The molecule has 0 atom stereocenters. The standard InChI is InChI=1S/C14H16ClN3O2S2/c1-9(2)22(19,20)12-7-5-4-6-11(12)17-13-10(15)8-16-14(18-13)21-3/h4-9H,1-3H3,(H,16,17,18). The number of halogens is 1. The second-order valence-corrected chi connectivity index (χ2v) is 8.42. The molecule has 0 unspecified atom stereocenters. The van der Waals surface area contributed by atoms with Gasteiger partial charge in [0.25, 0.3) is 0 Å². The molecule has 2 rings (SSSR count). The maximum absolute atomic E-state index is 12.4.